The summed E-state index contributed by atoms with van der Waals surface area (Å²) in [6.07, 6.45) is 3.27. The van der Waals surface area contributed by atoms with Gasteiger partial charge >= 0.3 is 12.1 Å². The Morgan fingerprint density at radius 2 is 1.94 bits per heavy atom. The Hall–Kier alpha value is -0.650. The van der Waals surface area contributed by atoms with E-state index in [1.54, 1.807) is 17.6 Å². The van der Waals surface area contributed by atoms with Crippen LogP contribution in [0, 0.1) is 0 Å². The zero-order valence-corrected chi connectivity index (χ0v) is 11.3. The number of allylic oxidation sites excluding steroid dienone is 1. The van der Waals surface area contributed by atoms with E-state index in [0.29, 0.717) is 0 Å². The second-order valence-electron chi connectivity index (χ2n) is 2.85. The van der Waals surface area contributed by atoms with Crippen molar-refractivity contribution < 1.29 is 19.2 Å². The maximum Gasteiger partial charge on any atom is 0.440 e. The lowest BCUT2D eigenvalue weighted by Crippen LogP contribution is -2.30. The predicted octanol–water partition coefficient (Wildman–Crippen LogP) is 2.90. The van der Waals surface area contributed by atoms with E-state index < -0.39 is 22.5 Å². The van der Waals surface area contributed by atoms with Gasteiger partial charge in [-0.1, -0.05) is 53.9 Å². The van der Waals surface area contributed by atoms with Crippen LogP contribution in [0.4, 0.5) is 4.79 Å². The van der Waals surface area contributed by atoms with Crippen LogP contribution >= 0.6 is 34.8 Å². The molecule has 0 aromatic heterocycles. The van der Waals surface area contributed by atoms with Gasteiger partial charge < -0.3 is 9.57 Å². The smallest absolute Gasteiger partial charge is 0.440 e. The summed E-state index contributed by atoms with van der Waals surface area (Å²) in [5.41, 5.74) is 1.76. The lowest BCUT2D eigenvalue weighted by Gasteiger charge is -2.11. The van der Waals surface area contributed by atoms with Crippen LogP contribution in [0.15, 0.2) is 12.2 Å². The second-order valence-corrected chi connectivity index (χ2v) is 5.37. The molecular weight excluding hydrogens is 292 g/mol. The molecule has 0 saturated heterocycles. The molecule has 8 heteroatoms. The van der Waals surface area contributed by atoms with Crippen LogP contribution < -0.4 is 5.48 Å². The van der Waals surface area contributed by atoms with Crippen molar-refractivity contribution in [1.82, 2.24) is 5.48 Å². The van der Waals surface area contributed by atoms with Crippen LogP contribution in [0.2, 0.25) is 0 Å². The highest BCUT2D eigenvalue weighted by molar-refractivity contribution is 6.67. The topological polar surface area (TPSA) is 64.6 Å². The fourth-order valence-corrected chi connectivity index (χ4v) is 0.827. The minimum Gasteiger partial charge on any atom is -0.443 e. The maximum atomic E-state index is 11.0. The van der Waals surface area contributed by atoms with Gasteiger partial charge in [0.2, 0.25) is 3.79 Å². The van der Waals surface area contributed by atoms with Gasteiger partial charge in [0, 0.05) is 0 Å². The van der Waals surface area contributed by atoms with E-state index in [0.717, 1.165) is 6.42 Å². The fraction of sp³-hybridized carbons (Fsp3) is 0.556. The number of carbonyl (C=O) groups excluding carboxylic acids is 2. The summed E-state index contributed by atoms with van der Waals surface area (Å²) in [7, 11) is 0. The first-order chi connectivity index (χ1) is 7.85. The highest BCUT2D eigenvalue weighted by atomic mass is 35.6. The van der Waals surface area contributed by atoms with Gasteiger partial charge in [0.25, 0.3) is 0 Å². The summed E-state index contributed by atoms with van der Waals surface area (Å²) < 4.78 is 2.74. The molecule has 0 aromatic carbocycles. The molecule has 17 heavy (non-hydrogen) atoms. The third kappa shape index (κ3) is 11.6. The quantitative estimate of drug-likeness (QED) is 0.493. The molecule has 1 amide bonds. The standard InChI is InChI=1S/C9H12Cl3NO4/c1-2-3-4-5-7(14)17-13-8(15)16-6-9(10,11)12/h3-4H,2,5-6H2,1H3,(H,13,15)/b4-3+. The zero-order chi connectivity index (χ0) is 13.3. The normalized spacial score (nSPS) is 11.3. The first-order valence-corrected chi connectivity index (χ1v) is 5.82. The highest BCUT2D eigenvalue weighted by Gasteiger charge is 2.22. The Balaban J connectivity index is 3.70. The fourth-order valence-electron chi connectivity index (χ4n) is 0.663. The Labute approximate surface area is 114 Å². The largest absolute Gasteiger partial charge is 0.443 e. The molecule has 0 saturated carbocycles. The van der Waals surface area contributed by atoms with E-state index in [2.05, 4.69) is 9.57 Å². The van der Waals surface area contributed by atoms with Crippen molar-refractivity contribution in [2.75, 3.05) is 6.61 Å². The van der Waals surface area contributed by atoms with Crippen molar-refractivity contribution in [2.24, 2.45) is 0 Å². The van der Waals surface area contributed by atoms with Gasteiger partial charge in [-0.2, -0.15) is 0 Å². The summed E-state index contributed by atoms with van der Waals surface area (Å²) in [5.74, 6) is -0.625. The van der Waals surface area contributed by atoms with Crippen molar-refractivity contribution in [1.29, 1.82) is 0 Å². The molecule has 0 heterocycles. The van der Waals surface area contributed by atoms with Gasteiger partial charge in [0.05, 0.1) is 6.42 Å². The highest BCUT2D eigenvalue weighted by Crippen LogP contribution is 2.25. The molecule has 98 valence electrons. The van der Waals surface area contributed by atoms with Crippen molar-refractivity contribution in [3.63, 3.8) is 0 Å². The number of hydroxylamine groups is 1. The number of carbonyl (C=O) groups is 2. The van der Waals surface area contributed by atoms with Gasteiger partial charge in [0.1, 0.15) is 6.61 Å². The number of ether oxygens (including phenoxy) is 1. The van der Waals surface area contributed by atoms with Gasteiger partial charge in [-0.05, 0) is 6.42 Å². The summed E-state index contributed by atoms with van der Waals surface area (Å²) in [6, 6.07) is 0. The van der Waals surface area contributed by atoms with Gasteiger partial charge in [-0.15, -0.1) is 5.48 Å². The average Bonchev–Trinajstić information content (AvgIpc) is 2.23. The van der Waals surface area contributed by atoms with Crippen LogP contribution in [0.25, 0.3) is 0 Å². The van der Waals surface area contributed by atoms with Gasteiger partial charge in [0.15, 0.2) is 0 Å². The molecule has 0 unspecified atom stereocenters. The predicted molar refractivity (Wildman–Crippen MR) is 64.9 cm³/mol. The van der Waals surface area contributed by atoms with Gasteiger partial charge in [-0.3, -0.25) is 0 Å². The Kier molecular flexibility index (Phi) is 8.12. The number of hydrogen-bond acceptors (Lipinski definition) is 4. The van der Waals surface area contributed by atoms with Crippen LogP contribution in [0.3, 0.4) is 0 Å². The van der Waals surface area contributed by atoms with Crippen LogP contribution in [-0.2, 0) is 14.4 Å². The number of rotatable bonds is 4. The summed E-state index contributed by atoms with van der Waals surface area (Å²) >= 11 is 16.0. The summed E-state index contributed by atoms with van der Waals surface area (Å²) in [4.78, 5) is 26.3. The Bertz CT molecular complexity index is 288. The van der Waals surface area contributed by atoms with Gasteiger partial charge in [-0.25, -0.2) is 9.59 Å². The lowest BCUT2D eigenvalue weighted by molar-refractivity contribution is -0.148. The molecular formula is C9H12Cl3NO4. The molecule has 0 rings (SSSR count). The summed E-state index contributed by atoms with van der Waals surface area (Å²) in [5, 5.41) is 0. The van der Waals surface area contributed by atoms with Crippen LogP contribution in [0.1, 0.15) is 19.8 Å². The number of hydrogen-bond donors (Lipinski definition) is 1. The number of halogens is 3. The lowest BCUT2D eigenvalue weighted by atomic mass is 10.3. The molecule has 0 atom stereocenters. The number of alkyl halides is 3. The van der Waals surface area contributed by atoms with E-state index in [1.165, 1.54) is 0 Å². The molecule has 0 fully saturated rings. The van der Waals surface area contributed by atoms with E-state index >= 15 is 0 Å². The molecule has 0 radical (unpaired) electrons. The second kappa shape index (κ2) is 8.44. The van der Waals surface area contributed by atoms with Crippen LogP contribution in [-0.4, -0.2) is 22.5 Å². The minimum atomic E-state index is -1.70. The molecule has 0 bridgehead atoms. The molecule has 0 aliphatic carbocycles. The minimum absolute atomic E-state index is 0.0541. The average molecular weight is 305 g/mol. The van der Waals surface area contributed by atoms with Crippen molar-refractivity contribution in [2.45, 2.75) is 23.6 Å². The van der Waals surface area contributed by atoms with Crippen molar-refractivity contribution >= 4 is 46.9 Å². The van der Waals surface area contributed by atoms with Crippen molar-refractivity contribution in [3.05, 3.63) is 12.2 Å². The van der Waals surface area contributed by atoms with Crippen molar-refractivity contribution in [3.8, 4) is 0 Å². The first kappa shape index (κ1) is 16.4. The molecule has 1 N–H and O–H groups in total. The first-order valence-electron chi connectivity index (χ1n) is 4.69. The number of nitrogens with one attached hydrogen (secondary N) is 1. The molecule has 0 aliphatic rings. The SMILES string of the molecule is CC/C=C/CC(=O)ONC(=O)OCC(Cl)(Cl)Cl. The third-order valence-electron chi connectivity index (χ3n) is 1.30. The molecule has 5 nitrogen and oxygen atoms in total. The van der Waals surface area contributed by atoms with E-state index in [-0.39, 0.29) is 6.42 Å². The Morgan fingerprint density at radius 3 is 2.47 bits per heavy atom. The van der Waals surface area contributed by atoms with E-state index in [1.807, 2.05) is 6.92 Å². The molecule has 0 spiro atoms. The molecule has 0 aromatic rings. The Morgan fingerprint density at radius 1 is 1.29 bits per heavy atom. The molecule has 0 aliphatic heterocycles. The monoisotopic (exact) mass is 303 g/mol. The summed E-state index contributed by atoms with van der Waals surface area (Å²) in [6.45, 7) is 1.48. The zero-order valence-electron chi connectivity index (χ0n) is 9.04. The van der Waals surface area contributed by atoms with Crippen LogP contribution in [0.5, 0.6) is 0 Å². The third-order valence-corrected chi connectivity index (χ3v) is 1.63. The van der Waals surface area contributed by atoms with E-state index in [9.17, 15) is 9.59 Å². The van der Waals surface area contributed by atoms with E-state index in [4.69, 9.17) is 34.8 Å². The number of amides is 1. The maximum absolute atomic E-state index is 11.0.